The quantitative estimate of drug-likeness (QED) is 0.459. The van der Waals surface area contributed by atoms with Gasteiger partial charge in [0.15, 0.2) is 6.29 Å². The highest BCUT2D eigenvalue weighted by molar-refractivity contribution is 5.78. The molecule has 17 heavy (non-hydrogen) atoms. The Morgan fingerprint density at radius 3 is 2.71 bits per heavy atom. The molecule has 0 amide bonds. The van der Waals surface area contributed by atoms with Gasteiger partial charge in [-0.1, -0.05) is 12.1 Å². The van der Waals surface area contributed by atoms with Gasteiger partial charge in [0.2, 0.25) is 0 Å². The van der Waals surface area contributed by atoms with Gasteiger partial charge in [-0.25, -0.2) is 0 Å². The van der Waals surface area contributed by atoms with Crippen molar-refractivity contribution < 1.29 is 9.72 Å². The molecule has 2 rings (SSSR count). The van der Waals surface area contributed by atoms with E-state index in [9.17, 15) is 14.9 Å². The van der Waals surface area contributed by atoms with Crippen LogP contribution in [0.1, 0.15) is 10.4 Å². The molecule has 0 spiro atoms. The molecule has 0 aliphatic heterocycles. The fourth-order valence-corrected chi connectivity index (χ4v) is 1.48. The summed E-state index contributed by atoms with van der Waals surface area (Å²) in [4.78, 5) is 24.7. The maximum Gasteiger partial charge on any atom is 0.270 e. The van der Waals surface area contributed by atoms with Crippen LogP contribution in [0.3, 0.4) is 0 Å². The van der Waals surface area contributed by atoms with Crippen molar-refractivity contribution >= 4 is 12.0 Å². The number of benzene rings is 1. The van der Waals surface area contributed by atoms with E-state index in [2.05, 4.69) is 4.98 Å². The fraction of sp³-hybridized carbons (Fsp3) is 0. The lowest BCUT2D eigenvalue weighted by Gasteiger charge is -2.01. The Kier molecular flexibility index (Phi) is 2.91. The number of nitro benzene ring substituents is 1. The number of carbonyl (C=O) groups excluding carboxylic acids is 1. The second kappa shape index (κ2) is 4.52. The summed E-state index contributed by atoms with van der Waals surface area (Å²) in [6.07, 6.45) is 3.69. The van der Waals surface area contributed by atoms with Crippen LogP contribution in [0.2, 0.25) is 0 Å². The molecule has 5 heteroatoms. The highest BCUT2D eigenvalue weighted by Crippen LogP contribution is 2.23. The molecule has 0 bridgehead atoms. The first-order valence-electron chi connectivity index (χ1n) is 4.86. The predicted octanol–water partition coefficient (Wildman–Crippen LogP) is 2.47. The minimum Gasteiger partial charge on any atom is -0.298 e. The van der Waals surface area contributed by atoms with E-state index in [0.717, 1.165) is 0 Å². The van der Waals surface area contributed by atoms with E-state index in [1.165, 1.54) is 18.3 Å². The van der Waals surface area contributed by atoms with E-state index in [4.69, 9.17) is 0 Å². The summed E-state index contributed by atoms with van der Waals surface area (Å²) in [5.41, 5.74) is 1.79. The number of nitrogens with zero attached hydrogens (tertiary/aromatic N) is 2. The standard InChI is InChI=1S/C12H8N2O3/c15-8-9-4-11(7-13-6-9)10-2-1-3-12(5-10)14(16)17/h1-8H. The van der Waals surface area contributed by atoms with Crippen molar-refractivity contribution in [3.05, 3.63) is 58.4 Å². The maximum absolute atomic E-state index is 10.6. The third-order valence-corrected chi connectivity index (χ3v) is 2.29. The van der Waals surface area contributed by atoms with Crippen LogP contribution in [0.25, 0.3) is 11.1 Å². The molecule has 1 heterocycles. The molecule has 0 N–H and O–H groups in total. The maximum atomic E-state index is 10.6. The van der Waals surface area contributed by atoms with Gasteiger partial charge in [0.05, 0.1) is 4.92 Å². The third-order valence-electron chi connectivity index (χ3n) is 2.29. The normalized spacial score (nSPS) is 9.88. The zero-order valence-corrected chi connectivity index (χ0v) is 8.74. The second-order valence-electron chi connectivity index (χ2n) is 3.43. The molecule has 1 aromatic carbocycles. The van der Waals surface area contributed by atoms with Crippen LogP contribution in [-0.4, -0.2) is 16.2 Å². The van der Waals surface area contributed by atoms with Crippen LogP contribution in [0.4, 0.5) is 5.69 Å². The molecule has 0 unspecified atom stereocenters. The summed E-state index contributed by atoms with van der Waals surface area (Å²) in [7, 11) is 0. The average molecular weight is 228 g/mol. The van der Waals surface area contributed by atoms with E-state index in [1.54, 1.807) is 24.4 Å². The van der Waals surface area contributed by atoms with Crippen molar-refractivity contribution in [1.82, 2.24) is 4.98 Å². The summed E-state index contributed by atoms with van der Waals surface area (Å²) < 4.78 is 0. The number of non-ortho nitro benzene ring substituents is 1. The topological polar surface area (TPSA) is 73.1 Å². The van der Waals surface area contributed by atoms with Gasteiger partial charge >= 0.3 is 0 Å². The smallest absolute Gasteiger partial charge is 0.270 e. The number of aromatic nitrogens is 1. The third kappa shape index (κ3) is 2.34. The minimum atomic E-state index is -0.458. The van der Waals surface area contributed by atoms with Gasteiger partial charge in [-0.3, -0.25) is 19.9 Å². The van der Waals surface area contributed by atoms with Gasteiger partial charge in [0.25, 0.3) is 5.69 Å². The molecule has 0 saturated carbocycles. The fourth-order valence-electron chi connectivity index (χ4n) is 1.48. The Balaban J connectivity index is 2.48. The van der Waals surface area contributed by atoms with E-state index >= 15 is 0 Å². The number of rotatable bonds is 3. The zero-order chi connectivity index (χ0) is 12.3. The number of aldehydes is 1. The van der Waals surface area contributed by atoms with Gasteiger partial charge in [0, 0.05) is 35.7 Å². The molecule has 0 fully saturated rings. The van der Waals surface area contributed by atoms with Gasteiger partial charge in [-0.05, 0) is 11.6 Å². The molecule has 0 atom stereocenters. The van der Waals surface area contributed by atoms with E-state index < -0.39 is 4.92 Å². The number of hydrogen-bond acceptors (Lipinski definition) is 4. The first kappa shape index (κ1) is 10.9. The summed E-state index contributed by atoms with van der Waals surface area (Å²) >= 11 is 0. The highest BCUT2D eigenvalue weighted by Gasteiger charge is 2.07. The molecular formula is C12H8N2O3. The number of pyridine rings is 1. The molecule has 5 nitrogen and oxygen atoms in total. The second-order valence-corrected chi connectivity index (χ2v) is 3.43. The summed E-state index contributed by atoms with van der Waals surface area (Å²) in [6.45, 7) is 0. The van der Waals surface area contributed by atoms with E-state index in [-0.39, 0.29) is 5.69 Å². The molecule has 0 saturated heterocycles. The van der Waals surface area contributed by atoms with E-state index in [1.807, 2.05) is 0 Å². The van der Waals surface area contributed by atoms with Crippen LogP contribution >= 0.6 is 0 Å². The highest BCUT2D eigenvalue weighted by atomic mass is 16.6. The van der Waals surface area contributed by atoms with Crippen LogP contribution in [0.15, 0.2) is 42.7 Å². The van der Waals surface area contributed by atoms with Crippen LogP contribution in [0, 0.1) is 10.1 Å². The molecule has 0 radical (unpaired) electrons. The van der Waals surface area contributed by atoms with Crippen molar-refractivity contribution in [2.75, 3.05) is 0 Å². The van der Waals surface area contributed by atoms with Crippen LogP contribution in [-0.2, 0) is 0 Å². The Bertz CT molecular complexity index is 581. The average Bonchev–Trinajstić information content (AvgIpc) is 2.39. The monoisotopic (exact) mass is 228 g/mol. The van der Waals surface area contributed by atoms with Gasteiger partial charge < -0.3 is 0 Å². The molecule has 2 aromatic rings. The van der Waals surface area contributed by atoms with Crippen LogP contribution in [0.5, 0.6) is 0 Å². The first-order chi connectivity index (χ1) is 8.20. The van der Waals surface area contributed by atoms with Crippen molar-refractivity contribution in [2.45, 2.75) is 0 Å². The first-order valence-corrected chi connectivity index (χ1v) is 4.86. The Hall–Kier alpha value is -2.56. The lowest BCUT2D eigenvalue weighted by molar-refractivity contribution is -0.384. The minimum absolute atomic E-state index is 0.0130. The van der Waals surface area contributed by atoms with Crippen molar-refractivity contribution in [3.63, 3.8) is 0 Å². The predicted molar refractivity (Wildman–Crippen MR) is 61.7 cm³/mol. The van der Waals surface area contributed by atoms with Crippen molar-refractivity contribution in [3.8, 4) is 11.1 Å². The van der Waals surface area contributed by atoms with Crippen molar-refractivity contribution in [2.24, 2.45) is 0 Å². The summed E-state index contributed by atoms with van der Waals surface area (Å²) in [5.74, 6) is 0. The lowest BCUT2D eigenvalue weighted by Crippen LogP contribution is -1.89. The van der Waals surface area contributed by atoms with Gasteiger partial charge in [-0.15, -0.1) is 0 Å². The Morgan fingerprint density at radius 1 is 1.18 bits per heavy atom. The molecule has 1 aromatic heterocycles. The summed E-state index contributed by atoms with van der Waals surface area (Å²) in [6, 6.07) is 7.84. The summed E-state index contributed by atoms with van der Waals surface area (Å²) in [5, 5.41) is 10.6. The SMILES string of the molecule is O=Cc1cncc(-c2cccc([N+](=O)[O-])c2)c1. The van der Waals surface area contributed by atoms with Gasteiger partial charge in [0.1, 0.15) is 0 Å². The molecule has 84 valence electrons. The number of nitro groups is 1. The number of carbonyl (C=O) groups is 1. The van der Waals surface area contributed by atoms with Crippen molar-refractivity contribution in [1.29, 1.82) is 0 Å². The lowest BCUT2D eigenvalue weighted by atomic mass is 10.1. The number of hydrogen-bond donors (Lipinski definition) is 0. The zero-order valence-electron chi connectivity index (χ0n) is 8.74. The Morgan fingerprint density at radius 2 is 2.00 bits per heavy atom. The Labute approximate surface area is 96.9 Å². The largest absolute Gasteiger partial charge is 0.298 e. The molecular weight excluding hydrogens is 220 g/mol. The molecule has 0 aliphatic carbocycles. The van der Waals surface area contributed by atoms with Gasteiger partial charge in [-0.2, -0.15) is 0 Å². The van der Waals surface area contributed by atoms with E-state index in [0.29, 0.717) is 23.0 Å². The molecule has 0 aliphatic rings. The van der Waals surface area contributed by atoms with Crippen LogP contribution < -0.4 is 0 Å².